The lowest BCUT2D eigenvalue weighted by molar-refractivity contribution is 0.398. The molecule has 0 amide bonds. The average Bonchev–Trinajstić information content (AvgIpc) is 3.25. The van der Waals surface area contributed by atoms with E-state index in [4.69, 9.17) is 5.73 Å². The number of hydrazine groups is 1. The number of allylic oxidation sites excluding steroid dienone is 1. The van der Waals surface area contributed by atoms with Gasteiger partial charge in [0, 0.05) is 47.7 Å². The van der Waals surface area contributed by atoms with Crippen molar-refractivity contribution in [2.24, 2.45) is 0 Å². The van der Waals surface area contributed by atoms with Gasteiger partial charge in [0.2, 0.25) is 0 Å². The number of nitrogens with two attached hydrogens (primary N) is 1. The summed E-state index contributed by atoms with van der Waals surface area (Å²) in [7, 11) is 0. The SMILES string of the molecule is Nc1cccc(C2=C3CC=CN3NC2)c1-c1ccc2cccnc2c1. The van der Waals surface area contributed by atoms with Crippen LogP contribution in [0.1, 0.15) is 12.0 Å². The van der Waals surface area contributed by atoms with Crippen LogP contribution in [0.15, 0.2) is 72.7 Å². The molecule has 0 aliphatic carbocycles. The number of nitrogens with zero attached hydrogens (tertiary/aromatic N) is 2. The molecule has 3 N–H and O–H groups in total. The van der Waals surface area contributed by atoms with Crippen LogP contribution in [0.25, 0.3) is 27.6 Å². The van der Waals surface area contributed by atoms with Crippen LogP contribution in [0.4, 0.5) is 5.69 Å². The Morgan fingerprint density at radius 1 is 1.08 bits per heavy atom. The van der Waals surface area contributed by atoms with E-state index in [1.54, 1.807) is 0 Å². The third kappa shape index (κ3) is 2.22. The first-order valence-electron chi connectivity index (χ1n) is 8.47. The molecule has 1 aromatic heterocycles. The highest BCUT2D eigenvalue weighted by molar-refractivity contribution is 5.93. The lowest BCUT2D eigenvalue weighted by atomic mass is 9.91. The smallest absolute Gasteiger partial charge is 0.0708 e. The van der Waals surface area contributed by atoms with Gasteiger partial charge in [-0.1, -0.05) is 36.4 Å². The number of nitrogen functional groups attached to an aromatic ring is 1. The molecule has 2 aliphatic heterocycles. The molecule has 3 aromatic rings. The molecule has 25 heavy (non-hydrogen) atoms. The molecular weight excluding hydrogens is 308 g/mol. The van der Waals surface area contributed by atoms with Gasteiger partial charge in [-0.25, -0.2) is 5.43 Å². The molecule has 3 heterocycles. The first-order valence-corrected chi connectivity index (χ1v) is 8.47. The van der Waals surface area contributed by atoms with Crippen LogP contribution < -0.4 is 11.2 Å². The Bertz CT molecular complexity index is 1050. The zero-order valence-electron chi connectivity index (χ0n) is 13.7. The molecule has 5 rings (SSSR count). The van der Waals surface area contributed by atoms with Gasteiger partial charge in [-0.2, -0.15) is 0 Å². The van der Waals surface area contributed by atoms with Crippen molar-refractivity contribution in [3.05, 3.63) is 78.3 Å². The van der Waals surface area contributed by atoms with Crippen molar-refractivity contribution in [2.75, 3.05) is 12.3 Å². The standard InChI is InChI=1S/C21H18N4/c22-18-6-1-5-16(17-13-24-25-11-3-7-20(17)25)21(18)15-9-8-14-4-2-10-23-19(14)12-15/h1-6,8-12,24H,7,13,22H2. The summed E-state index contributed by atoms with van der Waals surface area (Å²) in [6, 6.07) is 16.6. The van der Waals surface area contributed by atoms with Crippen molar-refractivity contribution < 1.29 is 0 Å². The van der Waals surface area contributed by atoms with Gasteiger partial charge in [0.25, 0.3) is 0 Å². The van der Waals surface area contributed by atoms with E-state index in [9.17, 15) is 0 Å². The number of aromatic nitrogens is 1. The first kappa shape index (κ1) is 14.3. The topological polar surface area (TPSA) is 54.2 Å². The van der Waals surface area contributed by atoms with Crippen LogP contribution in [-0.4, -0.2) is 16.5 Å². The van der Waals surface area contributed by atoms with Gasteiger partial charge in [0.05, 0.1) is 5.52 Å². The Morgan fingerprint density at radius 3 is 3.00 bits per heavy atom. The molecule has 2 aromatic carbocycles. The number of hydrogen-bond donors (Lipinski definition) is 2. The third-order valence-corrected chi connectivity index (χ3v) is 4.95. The molecule has 0 unspecified atom stereocenters. The fourth-order valence-electron chi connectivity index (χ4n) is 3.76. The Labute approximate surface area is 146 Å². The van der Waals surface area contributed by atoms with Gasteiger partial charge in [-0.3, -0.25) is 9.99 Å². The fraction of sp³-hybridized carbons (Fsp3) is 0.0952. The monoisotopic (exact) mass is 326 g/mol. The van der Waals surface area contributed by atoms with Gasteiger partial charge in [-0.05, 0) is 34.9 Å². The summed E-state index contributed by atoms with van der Waals surface area (Å²) < 4.78 is 0. The van der Waals surface area contributed by atoms with E-state index in [-0.39, 0.29) is 0 Å². The number of anilines is 1. The highest BCUT2D eigenvalue weighted by Gasteiger charge is 2.26. The second-order valence-corrected chi connectivity index (χ2v) is 6.40. The van der Waals surface area contributed by atoms with Crippen molar-refractivity contribution in [1.82, 2.24) is 15.4 Å². The molecule has 2 aliphatic rings. The Kier molecular flexibility index (Phi) is 3.11. The summed E-state index contributed by atoms with van der Waals surface area (Å²) >= 11 is 0. The van der Waals surface area contributed by atoms with E-state index in [2.05, 4.69) is 58.0 Å². The predicted octanol–water partition coefficient (Wildman–Crippen LogP) is 3.93. The second kappa shape index (κ2) is 5.46. The summed E-state index contributed by atoms with van der Waals surface area (Å²) in [5, 5.41) is 3.25. The van der Waals surface area contributed by atoms with Crippen molar-refractivity contribution >= 4 is 22.2 Å². The quantitative estimate of drug-likeness (QED) is 0.701. The summed E-state index contributed by atoms with van der Waals surface area (Å²) in [4.78, 5) is 4.49. The lowest BCUT2D eigenvalue weighted by Gasteiger charge is -2.15. The van der Waals surface area contributed by atoms with Crippen molar-refractivity contribution in [3.8, 4) is 11.1 Å². The summed E-state index contributed by atoms with van der Waals surface area (Å²) in [6.45, 7) is 0.821. The van der Waals surface area contributed by atoms with Gasteiger partial charge in [0.1, 0.15) is 0 Å². The normalized spacial score (nSPS) is 16.1. The molecule has 122 valence electrons. The number of nitrogens with one attached hydrogen (secondary N) is 1. The number of rotatable bonds is 2. The van der Waals surface area contributed by atoms with Crippen molar-refractivity contribution in [1.29, 1.82) is 0 Å². The minimum Gasteiger partial charge on any atom is -0.398 e. The van der Waals surface area contributed by atoms with E-state index in [1.165, 1.54) is 16.8 Å². The van der Waals surface area contributed by atoms with Crippen LogP contribution in [0.2, 0.25) is 0 Å². The lowest BCUT2D eigenvalue weighted by Crippen LogP contribution is -2.23. The highest BCUT2D eigenvalue weighted by Crippen LogP contribution is 2.39. The van der Waals surface area contributed by atoms with Crippen molar-refractivity contribution in [3.63, 3.8) is 0 Å². The summed E-state index contributed by atoms with van der Waals surface area (Å²) in [5.41, 5.74) is 17.6. The van der Waals surface area contributed by atoms with E-state index in [1.807, 2.05) is 24.4 Å². The molecule has 4 nitrogen and oxygen atoms in total. The maximum absolute atomic E-state index is 6.41. The Hall–Kier alpha value is -3.11. The summed E-state index contributed by atoms with van der Waals surface area (Å²) in [5.74, 6) is 0. The van der Waals surface area contributed by atoms with Crippen LogP contribution in [0.5, 0.6) is 0 Å². The van der Waals surface area contributed by atoms with Gasteiger partial charge >= 0.3 is 0 Å². The zero-order valence-corrected chi connectivity index (χ0v) is 13.7. The van der Waals surface area contributed by atoms with E-state index < -0.39 is 0 Å². The van der Waals surface area contributed by atoms with Crippen LogP contribution in [-0.2, 0) is 0 Å². The van der Waals surface area contributed by atoms with E-state index >= 15 is 0 Å². The molecule has 4 heteroatoms. The Morgan fingerprint density at radius 2 is 2.04 bits per heavy atom. The number of benzene rings is 2. The predicted molar refractivity (Wildman–Crippen MR) is 102 cm³/mol. The molecule has 0 radical (unpaired) electrons. The van der Waals surface area contributed by atoms with Crippen LogP contribution in [0, 0.1) is 0 Å². The van der Waals surface area contributed by atoms with Crippen molar-refractivity contribution in [2.45, 2.75) is 6.42 Å². The van der Waals surface area contributed by atoms with Gasteiger partial charge in [0.15, 0.2) is 0 Å². The molecule has 0 saturated carbocycles. The van der Waals surface area contributed by atoms with Crippen LogP contribution in [0.3, 0.4) is 0 Å². The molecule has 0 spiro atoms. The Balaban J connectivity index is 1.72. The second-order valence-electron chi connectivity index (χ2n) is 6.40. The maximum Gasteiger partial charge on any atom is 0.0708 e. The fourth-order valence-corrected chi connectivity index (χ4v) is 3.76. The third-order valence-electron chi connectivity index (χ3n) is 4.95. The number of fused-ring (bicyclic) bond motifs is 2. The van der Waals surface area contributed by atoms with Gasteiger partial charge < -0.3 is 5.73 Å². The number of hydrogen-bond acceptors (Lipinski definition) is 4. The maximum atomic E-state index is 6.41. The van der Waals surface area contributed by atoms with E-state index in [0.717, 1.165) is 40.7 Å². The first-order chi connectivity index (χ1) is 12.3. The molecule has 0 saturated heterocycles. The summed E-state index contributed by atoms with van der Waals surface area (Å²) in [6.07, 6.45) is 7.05. The van der Waals surface area contributed by atoms with E-state index in [0.29, 0.717) is 0 Å². The number of pyridine rings is 1. The average molecular weight is 326 g/mol. The van der Waals surface area contributed by atoms with Crippen LogP contribution >= 0.6 is 0 Å². The molecule has 0 fully saturated rings. The van der Waals surface area contributed by atoms with Gasteiger partial charge in [-0.15, -0.1) is 0 Å². The zero-order chi connectivity index (χ0) is 16.8. The highest BCUT2D eigenvalue weighted by atomic mass is 15.5. The largest absolute Gasteiger partial charge is 0.398 e. The minimum atomic E-state index is 0.797. The molecule has 0 bridgehead atoms. The minimum absolute atomic E-state index is 0.797. The molecular formula is C21H18N4. The molecule has 0 atom stereocenters.